The van der Waals surface area contributed by atoms with Crippen molar-refractivity contribution in [3.05, 3.63) is 172 Å². The maximum Gasteiger partial charge on any atom is 0.341 e. The molecule has 9 heteroatoms. The van der Waals surface area contributed by atoms with Crippen LogP contribution in [-0.4, -0.2) is 39.2 Å². The molecule has 0 bridgehead atoms. The zero-order chi connectivity index (χ0) is 34.2. The first-order valence-electron chi connectivity index (χ1n) is 16.1. The first-order chi connectivity index (χ1) is 23.8. The summed E-state index contributed by atoms with van der Waals surface area (Å²) in [6, 6.07) is 42.3. The van der Waals surface area contributed by atoms with Crippen molar-refractivity contribution >= 4 is 38.5 Å². The van der Waals surface area contributed by atoms with Crippen LogP contribution >= 0.6 is 11.6 Å². The molecule has 0 aliphatic heterocycles. The van der Waals surface area contributed by atoms with Crippen LogP contribution in [0.15, 0.2) is 133 Å². The number of benzene rings is 5. The average molecular weight is 693 g/mol. The number of nitrogens with one attached hydrogen (secondary N) is 1. The Morgan fingerprint density at radius 3 is 2.06 bits per heavy atom. The van der Waals surface area contributed by atoms with Gasteiger partial charge in [-0.2, -0.15) is 0 Å². The highest BCUT2D eigenvalue weighted by Gasteiger charge is 2.26. The van der Waals surface area contributed by atoms with Gasteiger partial charge in [0.1, 0.15) is 11.3 Å². The molecule has 1 aromatic heterocycles. The number of ether oxygens (including phenoxy) is 2. The third-order valence-electron chi connectivity index (χ3n) is 8.46. The van der Waals surface area contributed by atoms with Gasteiger partial charge in [0, 0.05) is 41.0 Å². The summed E-state index contributed by atoms with van der Waals surface area (Å²) in [6.07, 6.45) is 0.881. The van der Waals surface area contributed by atoms with E-state index in [0.29, 0.717) is 29.2 Å². The maximum absolute atomic E-state index is 13.2. The number of para-hydroxylation sites is 1. The van der Waals surface area contributed by atoms with Gasteiger partial charge < -0.3 is 14.0 Å². The fourth-order valence-corrected chi connectivity index (χ4v) is 7.64. The van der Waals surface area contributed by atoms with Crippen LogP contribution in [0.1, 0.15) is 44.3 Å². The van der Waals surface area contributed by atoms with Crippen molar-refractivity contribution < 1.29 is 22.7 Å². The molecular weight excluding hydrogens is 656 g/mol. The topological polar surface area (TPSA) is 86.6 Å². The van der Waals surface area contributed by atoms with Crippen LogP contribution in [0.2, 0.25) is 5.02 Å². The van der Waals surface area contributed by atoms with E-state index in [4.69, 9.17) is 21.1 Å². The molecule has 1 N–H and O–H groups in total. The van der Waals surface area contributed by atoms with E-state index in [1.807, 2.05) is 91.0 Å². The number of carbonyl (C=O) groups is 1. The predicted octanol–water partition coefficient (Wildman–Crippen LogP) is 8.00. The van der Waals surface area contributed by atoms with Crippen LogP contribution in [0.5, 0.6) is 5.75 Å². The number of rotatable bonds is 14. The van der Waals surface area contributed by atoms with Crippen LogP contribution < -0.4 is 9.46 Å². The number of fused-ring (bicyclic) bond motifs is 1. The number of hydrogen-bond acceptors (Lipinski definition) is 5. The van der Waals surface area contributed by atoms with Gasteiger partial charge in [-0.05, 0) is 52.6 Å². The van der Waals surface area contributed by atoms with Crippen molar-refractivity contribution in [2.24, 2.45) is 0 Å². The molecule has 1 heterocycles. The zero-order valence-corrected chi connectivity index (χ0v) is 28.7. The van der Waals surface area contributed by atoms with Gasteiger partial charge in [0.05, 0.1) is 25.5 Å². The molecular formula is C40H37ClN2O5S. The Balaban J connectivity index is 1.43. The van der Waals surface area contributed by atoms with E-state index in [9.17, 15) is 13.2 Å². The van der Waals surface area contributed by atoms with Crippen LogP contribution in [0.3, 0.4) is 0 Å². The van der Waals surface area contributed by atoms with E-state index in [1.54, 1.807) is 18.2 Å². The van der Waals surface area contributed by atoms with E-state index < -0.39 is 16.0 Å². The molecule has 0 aliphatic carbocycles. The fourth-order valence-electron chi connectivity index (χ4n) is 6.32. The highest BCUT2D eigenvalue weighted by atomic mass is 35.5. The van der Waals surface area contributed by atoms with E-state index in [1.165, 1.54) is 7.11 Å². The van der Waals surface area contributed by atoms with Crippen molar-refractivity contribution in [3.8, 4) is 5.75 Å². The van der Waals surface area contributed by atoms with Crippen molar-refractivity contribution in [1.29, 1.82) is 0 Å². The number of hydrogen-bond donors (Lipinski definition) is 1. The molecule has 0 saturated carbocycles. The van der Waals surface area contributed by atoms with Gasteiger partial charge in [0.15, 0.2) is 0 Å². The lowest BCUT2D eigenvalue weighted by Gasteiger charge is -2.25. The third kappa shape index (κ3) is 8.05. The van der Waals surface area contributed by atoms with E-state index in [2.05, 4.69) is 33.6 Å². The third-order valence-corrected chi connectivity index (χ3v) is 10.0. The second-order valence-electron chi connectivity index (χ2n) is 11.7. The Morgan fingerprint density at radius 1 is 0.796 bits per heavy atom. The summed E-state index contributed by atoms with van der Waals surface area (Å²) < 4.78 is 42.7. The molecule has 5 aromatic carbocycles. The standard InChI is InChI=1S/C40H37ClN2O5S/c1-47-40(44)34-19-11-12-20-38(34)48-26-24-33-35-27-32(41)21-22-36(35)43(39(30-15-7-3-8-16-30)31-17-9-4-10-18-31)37(33)23-25-42-49(45,46)28-29-13-5-2-6-14-29/h2-22,27,39,42H,23-26,28H2,1H3. The maximum atomic E-state index is 13.2. The van der Waals surface area contributed by atoms with Crippen LogP contribution in [0.4, 0.5) is 0 Å². The van der Waals surface area contributed by atoms with Crippen molar-refractivity contribution in [2.45, 2.75) is 24.6 Å². The highest BCUT2D eigenvalue weighted by Crippen LogP contribution is 2.38. The number of methoxy groups -OCH3 is 1. The van der Waals surface area contributed by atoms with Gasteiger partial charge in [-0.1, -0.05) is 115 Å². The minimum Gasteiger partial charge on any atom is -0.492 e. The van der Waals surface area contributed by atoms with E-state index in [-0.39, 0.29) is 24.9 Å². The number of nitrogens with zero attached hydrogens (tertiary/aromatic N) is 1. The lowest BCUT2D eigenvalue weighted by Crippen LogP contribution is -2.28. The fraction of sp³-hybridized carbons (Fsp3) is 0.175. The van der Waals surface area contributed by atoms with E-state index in [0.717, 1.165) is 38.9 Å². The van der Waals surface area contributed by atoms with Crippen molar-refractivity contribution in [1.82, 2.24) is 9.29 Å². The minimum atomic E-state index is -3.61. The monoisotopic (exact) mass is 692 g/mol. The predicted molar refractivity (Wildman–Crippen MR) is 195 cm³/mol. The molecule has 6 aromatic rings. The number of carbonyl (C=O) groups excluding carboxylic acids is 1. The van der Waals surface area contributed by atoms with Gasteiger partial charge in [-0.25, -0.2) is 17.9 Å². The molecule has 0 unspecified atom stereocenters. The van der Waals surface area contributed by atoms with Gasteiger partial charge >= 0.3 is 5.97 Å². The molecule has 0 fully saturated rings. The quantitative estimate of drug-likeness (QED) is 0.117. The lowest BCUT2D eigenvalue weighted by atomic mass is 9.97. The van der Waals surface area contributed by atoms with Gasteiger partial charge in [0.25, 0.3) is 0 Å². The summed E-state index contributed by atoms with van der Waals surface area (Å²) in [5.74, 6) is -0.155. The molecule has 0 aliphatic rings. The molecule has 0 saturated heterocycles. The second-order valence-corrected chi connectivity index (χ2v) is 13.9. The first-order valence-corrected chi connectivity index (χ1v) is 18.1. The SMILES string of the molecule is COC(=O)c1ccccc1OCCc1c(CCNS(=O)(=O)Cc2ccccc2)n(C(c2ccccc2)c2ccccc2)c2ccc(Cl)cc12. The molecule has 6 rings (SSSR count). The normalized spacial score (nSPS) is 11.6. The van der Waals surface area contributed by atoms with Crippen LogP contribution in [0, 0.1) is 0 Å². The lowest BCUT2D eigenvalue weighted by molar-refractivity contribution is 0.0596. The van der Waals surface area contributed by atoms with Crippen LogP contribution in [0.25, 0.3) is 10.9 Å². The summed E-state index contributed by atoms with van der Waals surface area (Å²) in [4.78, 5) is 12.4. The number of halogens is 1. The first kappa shape index (κ1) is 34.0. The summed E-state index contributed by atoms with van der Waals surface area (Å²) in [5, 5.41) is 1.55. The molecule has 0 radical (unpaired) electrons. The largest absolute Gasteiger partial charge is 0.492 e. The number of esters is 1. The minimum absolute atomic E-state index is 0.108. The summed E-state index contributed by atoms with van der Waals surface area (Å²) in [7, 11) is -2.27. The molecule has 0 atom stereocenters. The summed E-state index contributed by atoms with van der Waals surface area (Å²) in [6.45, 7) is 0.447. The molecule has 250 valence electrons. The smallest absolute Gasteiger partial charge is 0.341 e. The number of aromatic nitrogens is 1. The molecule has 49 heavy (non-hydrogen) atoms. The molecule has 7 nitrogen and oxygen atoms in total. The van der Waals surface area contributed by atoms with Crippen molar-refractivity contribution in [2.75, 3.05) is 20.3 Å². The van der Waals surface area contributed by atoms with Gasteiger partial charge in [0.2, 0.25) is 10.0 Å². The zero-order valence-electron chi connectivity index (χ0n) is 27.1. The Hall–Kier alpha value is -4.89. The van der Waals surface area contributed by atoms with E-state index >= 15 is 0 Å². The van der Waals surface area contributed by atoms with Crippen molar-refractivity contribution in [3.63, 3.8) is 0 Å². The number of sulfonamides is 1. The van der Waals surface area contributed by atoms with Crippen LogP contribution in [-0.2, 0) is 33.4 Å². The molecule has 0 spiro atoms. The second kappa shape index (κ2) is 15.6. The Morgan fingerprint density at radius 2 is 1.41 bits per heavy atom. The average Bonchev–Trinajstić information content (AvgIpc) is 3.40. The Kier molecular flexibility index (Phi) is 10.8. The van der Waals surface area contributed by atoms with Gasteiger partial charge in [-0.3, -0.25) is 0 Å². The van der Waals surface area contributed by atoms with Gasteiger partial charge in [-0.15, -0.1) is 0 Å². The Labute approximate surface area is 292 Å². The summed E-state index contributed by atoms with van der Waals surface area (Å²) >= 11 is 6.63. The summed E-state index contributed by atoms with van der Waals surface area (Å²) in [5.41, 5.74) is 6.15. The Bertz CT molecular complexity index is 2100. The molecule has 0 amide bonds. The highest BCUT2D eigenvalue weighted by molar-refractivity contribution is 7.88.